The van der Waals surface area contributed by atoms with Gasteiger partial charge >= 0.3 is 0 Å². The number of hydrogen-bond acceptors (Lipinski definition) is 5. The Morgan fingerprint density at radius 3 is 2.83 bits per heavy atom. The van der Waals surface area contributed by atoms with Crippen LogP contribution in [0.5, 0.6) is 0 Å². The summed E-state index contributed by atoms with van der Waals surface area (Å²) in [5.41, 5.74) is 3.81. The number of nitrogens with zero attached hydrogens (tertiary/aromatic N) is 3. The van der Waals surface area contributed by atoms with E-state index < -0.39 is 0 Å². The van der Waals surface area contributed by atoms with Crippen LogP contribution in [0.3, 0.4) is 0 Å². The van der Waals surface area contributed by atoms with Crippen molar-refractivity contribution in [3.05, 3.63) is 47.2 Å². The van der Waals surface area contributed by atoms with Gasteiger partial charge in [0.2, 0.25) is 5.95 Å². The molecule has 0 fully saturated rings. The Labute approximate surface area is 143 Å². The van der Waals surface area contributed by atoms with Gasteiger partial charge in [-0.1, -0.05) is 38.1 Å². The third-order valence-electron chi connectivity index (χ3n) is 4.48. The normalized spacial score (nSPS) is 15.9. The lowest BCUT2D eigenvalue weighted by molar-refractivity contribution is 0.292. The topological polar surface area (TPSA) is 61.3 Å². The second-order valence-corrected chi connectivity index (χ2v) is 7.09. The molecule has 128 valence electrons. The zero-order valence-electron chi connectivity index (χ0n) is 14.7. The van der Waals surface area contributed by atoms with Gasteiger partial charge in [-0.05, 0) is 24.5 Å². The number of aromatic nitrogens is 2. The predicted molar refractivity (Wildman–Crippen MR) is 97.5 cm³/mol. The van der Waals surface area contributed by atoms with Crippen LogP contribution in [0.1, 0.15) is 37.1 Å². The molecule has 2 heterocycles. The number of aliphatic hydroxyl groups is 1. The molecule has 5 heteroatoms. The van der Waals surface area contributed by atoms with Crippen molar-refractivity contribution in [1.29, 1.82) is 0 Å². The third-order valence-corrected chi connectivity index (χ3v) is 4.48. The minimum atomic E-state index is 0.0815. The van der Waals surface area contributed by atoms with Crippen molar-refractivity contribution >= 4 is 11.8 Å². The second kappa shape index (κ2) is 6.77. The lowest BCUT2D eigenvalue weighted by Gasteiger charge is -2.40. The first-order valence-corrected chi connectivity index (χ1v) is 8.53. The van der Waals surface area contributed by atoms with Gasteiger partial charge in [0.15, 0.2) is 0 Å². The van der Waals surface area contributed by atoms with Crippen molar-refractivity contribution in [2.75, 3.05) is 29.9 Å². The van der Waals surface area contributed by atoms with E-state index in [0.717, 1.165) is 24.6 Å². The Hall–Kier alpha value is -2.14. The molecule has 1 aliphatic rings. The van der Waals surface area contributed by atoms with Gasteiger partial charge in [0, 0.05) is 43.4 Å². The van der Waals surface area contributed by atoms with Crippen LogP contribution in [0.2, 0.25) is 0 Å². The summed E-state index contributed by atoms with van der Waals surface area (Å²) in [5.74, 6) is 1.59. The number of hydrogen-bond donors (Lipinski definition) is 2. The summed E-state index contributed by atoms with van der Waals surface area (Å²) in [6, 6.07) is 10.7. The molecule has 0 radical (unpaired) electrons. The SMILES string of the molecule is Cc1cc(N2Cc3ccccc3C(C)(C)C2)nc(NCCCO)n1. The van der Waals surface area contributed by atoms with E-state index in [9.17, 15) is 0 Å². The van der Waals surface area contributed by atoms with Gasteiger partial charge in [-0.2, -0.15) is 4.98 Å². The first-order valence-electron chi connectivity index (χ1n) is 8.53. The highest BCUT2D eigenvalue weighted by Gasteiger charge is 2.32. The molecule has 0 unspecified atom stereocenters. The number of benzene rings is 1. The molecule has 24 heavy (non-hydrogen) atoms. The van der Waals surface area contributed by atoms with E-state index >= 15 is 0 Å². The zero-order chi connectivity index (χ0) is 17.2. The summed E-state index contributed by atoms with van der Waals surface area (Å²) in [6.07, 6.45) is 0.691. The monoisotopic (exact) mass is 326 g/mol. The molecule has 2 N–H and O–H groups in total. The van der Waals surface area contributed by atoms with E-state index in [4.69, 9.17) is 5.11 Å². The summed E-state index contributed by atoms with van der Waals surface area (Å²) in [7, 11) is 0. The average molecular weight is 326 g/mol. The first kappa shape index (κ1) is 16.7. The number of nitrogens with one attached hydrogen (secondary N) is 1. The fourth-order valence-electron chi connectivity index (χ4n) is 3.38. The fraction of sp³-hybridized carbons (Fsp3) is 0.474. The van der Waals surface area contributed by atoms with Crippen molar-refractivity contribution in [2.24, 2.45) is 0 Å². The zero-order valence-corrected chi connectivity index (χ0v) is 14.7. The summed E-state index contributed by atoms with van der Waals surface area (Å²) >= 11 is 0. The molecule has 2 aromatic rings. The van der Waals surface area contributed by atoms with Crippen molar-refractivity contribution < 1.29 is 5.11 Å². The fourth-order valence-corrected chi connectivity index (χ4v) is 3.38. The summed E-state index contributed by atoms with van der Waals surface area (Å²) < 4.78 is 0. The molecule has 0 amide bonds. The van der Waals surface area contributed by atoms with Crippen LogP contribution >= 0.6 is 0 Å². The Kier molecular flexibility index (Phi) is 4.71. The maximum Gasteiger partial charge on any atom is 0.224 e. The minimum Gasteiger partial charge on any atom is -0.396 e. The van der Waals surface area contributed by atoms with E-state index in [0.29, 0.717) is 18.9 Å². The second-order valence-electron chi connectivity index (χ2n) is 7.09. The van der Waals surface area contributed by atoms with Gasteiger partial charge in [0.25, 0.3) is 0 Å². The maximum atomic E-state index is 8.92. The van der Waals surface area contributed by atoms with Gasteiger partial charge in [-0.25, -0.2) is 4.98 Å². The van der Waals surface area contributed by atoms with E-state index in [-0.39, 0.29) is 12.0 Å². The summed E-state index contributed by atoms with van der Waals surface area (Å²) in [4.78, 5) is 11.5. The highest BCUT2D eigenvalue weighted by atomic mass is 16.3. The van der Waals surface area contributed by atoms with Crippen molar-refractivity contribution in [1.82, 2.24) is 9.97 Å². The molecular weight excluding hydrogens is 300 g/mol. The van der Waals surface area contributed by atoms with E-state index in [1.165, 1.54) is 11.1 Å². The van der Waals surface area contributed by atoms with Crippen LogP contribution in [0.25, 0.3) is 0 Å². The van der Waals surface area contributed by atoms with Gasteiger partial charge in [0.05, 0.1) is 0 Å². The van der Waals surface area contributed by atoms with Crippen molar-refractivity contribution in [2.45, 2.75) is 39.2 Å². The maximum absolute atomic E-state index is 8.92. The number of fused-ring (bicyclic) bond motifs is 1. The van der Waals surface area contributed by atoms with Crippen LogP contribution in [0.15, 0.2) is 30.3 Å². The third kappa shape index (κ3) is 3.51. The molecule has 5 nitrogen and oxygen atoms in total. The van der Waals surface area contributed by atoms with Crippen molar-refractivity contribution in [3.8, 4) is 0 Å². The molecule has 1 aliphatic heterocycles. The van der Waals surface area contributed by atoms with Gasteiger partial charge in [0.1, 0.15) is 5.82 Å². The molecule has 0 saturated carbocycles. The highest BCUT2D eigenvalue weighted by Crippen LogP contribution is 2.35. The average Bonchev–Trinajstić information content (AvgIpc) is 2.54. The van der Waals surface area contributed by atoms with Crippen LogP contribution in [-0.4, -0.2) is 34.8 Å². The Bertz CT molecular complexity index is 714. The molecule has 0 saturated heterocycles. The number of aliphatic hydroxyl groups excluding tert-OH is 1. The largest absolute Gasteiger partial charge is 0.396 e. The van der Waals surface area contributed by atoms with E-state index in [1.54, 1.807) is 0 Å². The smallest absolute Gasteiger partial charge is 0.224 e. The predicted octanol–water partition coefficient (Wildman–Crippen LogP) is 2.88. The molecule has 0 atom stereocenters. The Balaban J connectivity index is 1.87. The van der Waals surface area contributed by atoms with Gasteiger partial charge in [-0.15, -0.1) is 0 Å². The lowest BCUT2D eigenvalue weighted by atomic mass is 9.78. The highest BCUT2D eigenvalue weighted by molar-refractivity contribution is 5.50. The van der Waals surface area contributed by atoms with Gasteiger partial charge in [-0.3, -0.25) is 0 Å². The van der Waals surface area contributed by atoms with Crippen LogP contribution in [-0.2, 0) is 12.0 Å². The molecule has 0 aliphatic carbocycles. The molecular formula is C19H26N4O. The molecule has 0 spiro atoms. The van der Waals surface area contributed by atoms with E-state index in [2.05, 4.69) is 58.3 Å². The van der Waals surface area contributed by atoms with E-state index in [1.807, 2.05) is 13.0 Å². The number of aryl methyl sites for hydroxylation is 1. The molecule has 1 aromatic heterocycles. The Morgan fingerprint density at radius 2 is 2.04 bits per heavy atom. The standard InChI is InChI=1S/C19H26N4O/c1-14-11-17(22-18(21-14)20-9-6-10-24)23-12-15-7-4-5-8-16(15)19(2,3)13-23/h4-5,7-8,11,24H,6,9-10,12-13H2,1-3H3,(H,20,21,22). The van der Waals surface area contributed by atoms with Crippen LogP contribution in [0, 0.1) is 6.92 Å². The number of rotatable bonds is 5. The molecule has 1 aromatic carbocycles. The van der Waals surface area contributed by atoms with Crippen molar-refractivity contribution in [3.63, 3.8) is 0 Å². The molecule has 0 bridgehead atoms. The van der Waals surface area contributed by atoms with Crippen LogP contribution < -0.4 is 10.2 Å². The summed E-state index contributed by atoms with van der Waals surface area (Å²) in [6.45, 7) is 9.20. The van der Waals surface area contributed by atoms with Crippen LogP contribution in [0.4, 0.5) is 11.8 Å². The minimum absolute atomic E-state index is 0.0815. The summed E-state index contributed by atoms with van der Waals surface area (Å²) in [5, 5.41) is 12.1. The Morgan fingerprint density at radius 1 is 1.25 bits per heavy atom. The van der Waals surface area contributed by atoms with Gasteiger partial charge < -0.3 is 15.3 Å². The first-order chi connectivity index (χ1) is 11.5. The quantitative estimate of drug-likeness (QED) is 0.827. The number of anilines is 2. The molecule has 3 rings (SSSR count). The lowest BCUT2D eigenvalue weighted by Crippen LogP contribution is -2.42.